The molecule has 0 radical (unpaired) electrons. The van der Waals surface area contributed by atoms with E-state index in [9.17, 15) is 0 Å². The lowest BCUT2D eigenvalue weighted by Crippen LogP contribution is -1.87. The van der Waals surface area contributed by atoms with Crippen LogP contribution in [0.3, 0.4) is 0 Å². The van der Waals surface area contributed by atoms with Gasteiger partial charge in [-0.15, -0.1) is 0 Å². The zero-order valence-electron chi connectivity index (χ0n) is 17.9. The van der Waals surface area contributed by atoms with Gasteiger partial charge in [0.15, 0.2) is 0 Å². The zero-order valence-corrected chi connectivity index (χ0v) is 17.9. The molecule has 0 fully saturated rings. The lowest BCUT2D eigenvalue weighted by atomic mass is 10.1. The molecule has 4 heteroatoms. The molecule has 0 saturated heterocycles. The predicted octanol–water partition coefficient (Wildman–Crippen LogP) is 5.83. The van der Waals surface area contributed by atoms with Crippen LogP contribution < -0.4 is 0 Å². The SMILES string of the molecule is Cc1ccc(/C=N/N=C/c2ccc(/C=N/N=C/c3ccc(C)c(C)c3)cc2)cc1C. The molecule has 30 heavy (non-hydrogen) atoms. The van der Waals surface area contributed by atoms with Gasteiger partial charge in [0, 0.05) is 0 Å². The Kier molecular flexibility index (Phi) is 7.17. The van der Waals surface area contributed by atoms with Gasteiger partial charge in [-0.05, 0) is 72.2 Å². The van der Waals surface area contributed by atoms with Gasteiger partial charge in [0.05, 0.1) is 24.9 Å². The van der Waals surface area contributed by atoms with Gasteiger partial charge in [0.25, 0.3) is 0 Å². The quantitative estimate of drug-likeness (QED) is 0.373. The molecule has 0 amide bonds. The van der Waals surface area contributed by atoms with Gasteiger partial charge in [-0.1, -0.05) is 60.7 Å². The molecule has 0 aliphatic heterocycles. The van der Waals surface area contributed by atoms with Gasteiger partial charge < -0.3 is 0 Å². The molecule has 3 aromatic carbocycles. The molecule has 3 rings (SSSR count). The number of nitrogens with zero attached hydrogens (tertiary/aromatic N) is 4. The molecule has 0 heterocycles. The standard InChI is InChI=1S/C26H26N4/c1-19-5-7-25(13-21(19)3)17-29-27-15-23-9-11-24(12-10-23)16-28-30-18-26-8-6-20(2)22(4)14-26/h5-18H,1-4H3/b27-15+,28-16+,29-17+,30-18+. The van der Waals surface area contributed by atoms with Gasteiger partial charge >= 0.3 is 0 Å². The van der Waals surface area contributed by atoms with Crippen LogP contribution in [0.1, 0.15) is 44.5 Å². The lowest BCUT2D eigenvalue weighted by molar-refractivity contribution is 1.26. The summed E-state index contributed by atoms with van der Waals surface area (Å²) in [5.74, 6) is 0. The van der Waals surface area contributed by atoms with Crippen molar-refractivity contribution in [3.63, 3.8) is 0 Å². The van der Waals surface area contributed by atoms with Crippen molar-refractivity contribution in [2.45, 2.75) is 27.7 Å². The van der Waals surface area contributed by atoms with Crippen LogP contribution in [0.15, 0.2) is 81.1 Å². The molecule has 0 atom stereocenters. The van der Waals surface area contributed by atoms with Crippen molar-refractivity contribution in [1.82, 2.24) is 0 Å². The first-order valence-electron chi connectivity index (χ1n) is 9.88. The Labute approximate surface area is 178 Å². The minimum atomic E-state index is 0.975. The second kappa shape index (κ2) is 10.2. The largest absolute Gasteiger partial charge is 0.159 e. The molecule has 0 unspecified atom stereocenters. The topological polar surface area (TPSA) is 49.4 Å². The average Bonchev–Trinajstić information content (AvgIpc) is 2.74. The Balaban J connectivity index is 1.55. The van der Waals surface area contributed by atoms with Crippen LogP contribution >= 0.6 is 0 Å². The number of benzene rings is 3. The summed E-state index contributed by atoms with van der Waals surface area (Å²) < 4.78 is 0. The highest BCUT2D eigenvalue weighted by molar-refractivity contribution is 5.86. The van der Waals surface area contributed by atoms with Gasteiger partial charge in [0.1, 0.15) is 0 Å². The zero-order chi connectivity index (χ0) is 21.3. The number of rotatable bonds is 6. The molecule has 0 N–H and O–H groups in total. The molecular weight excluding hydrogens is 368 g/mol. The first-order valence-corrected chi connectivity index (χ1v) is 9.88. The predicted molar refractivity (Wildman–Crippen MR) is 129 cm³/mol. The van der Waals surface area contributed by atoms with Crippen molar-refractivity contribution in [3.05, 3.63) is 105 Å². The summed E-state index contributed by atoms with van der Waals surface area (Å²) in [5, 5.41) is 16.5. The van der Waals surface area contributed by atoms with E-state index in [4.69, 9.17) is 0 Å². The van der Waals surface area contributed by atoms with E-state index in [-0.39, 0.29) is 0 Å². The monoisotopic (exact) mass is 394 g/mol. The lowest BCUT2D eigenvalue weighted by Gasteiger charge is -1.99. The Morgan fingerprint density at radius 3 is 1.03 bits per heavy atom. The molecule has 150 valence electrons. The van der Waals surface area contributed by atoms with E-state index < -0.39 is 0 Å². The van der Waals surface area contributed by atoms with Crippen LogP contribution in [0.4, 0.5) is 0 Å². The van der Waals surface area contributed by atoms with Crippen LogP contribution in [0.2, 0.25) is 0 Å². The summed E-state index contributed by atoms with van der Waals surface area (Å²) in [5.41, 5.74) is 9.08. The average molecular weight is 395 g/mol. The number of aryl methyl sites for hydroxylation is 4. The van der Waals surface area contributed by atoms with E-state index in [0.717, 1.165) is 22.3 Å². The first kappa shape index (κ1) is 21.1. The summed E-state index contributed by atoms with van der Waals surface area (Å²) >= 11 is 0. The molecule has 0 spiro atoms. The second-order valence-corrected chi connectivity index (χ2v) is 7.33. The Morgan fingerprint density at radius 2 is 0.700 bits per heavy atom. The van der Waals surface area contributed by atoms with Crippen LogP contribution in [0.25, 0.3) is 0 Å². The highest BCUT2D eigenvalue weighted by atomic mass is 15.2. The summed E-state index contributed by atoms with van der Waals surface area (Å²) in [6.07, 6.45) is 6.99. The van der Waals surface area contributed by atoms with Gasteiger partial charge in [0.2, 0.25) is 0 Å². The van der Waals surface area contributed by atoms with Crippen molar-refractivity contribution in [2.75, 3.05) is 0 Å². The number of hydrogen-bond donors (Lipinski definition) is 0. The molecule has 0 aromatic heterocycles. The molecule has 4 nitrogen and oxygen atoms in total. The van der Waals surface area contributed by atoms with Gasteiger partial charge in [-0.2, -0.15) is 20.4 Å². The van der Waals surface area contributed by atoms with Gasteiger partial charge in [-0.25, -0.2) is 0 Å². The Bertz CT molecular complexity index is 1030. The van der Waals surface area contributed by atoms with E-state index >= 15 is 0 Å². The maximum atomic E-state index is 4.13. The second-order valence-electron chi connectivity index (χ2n) is 7.33. The van der Waals surface area contributed by atoms with E-state index in [0.29, 0.717) is 0 Å². The fourth-order valence-corrected chi connectivity index (χ4v) is 2.76. The van der Waals surface area contributed by atoms with Crippen LogP contribution in [0, 0.1) is 27.7 Å². The van der Waals surface area contributed by atoms with Gasteiger partial charge in [-0.3, -0.25) is 0 Å². The van der Waals surface area contributed by atoms with E-state index in [2.05, 4.69) is 72.4 Å². The van der Waals surface area contributed by atoms with E-state index in [1.807, 2.05) is 36.4 Å². The van der Waals surface area contributed by atoms with Crippen molar-refractivity contribution in [3.8, 4) is 0 Å². The maximum Gasteiger partial charge on any atom is 0.0568 e. The first-order chi connectivity index (χ1) is 14.5. The van der Waals surface area contributed by atoms with Crippen molar-refractivity contribution in [1.29, 1.82) is 0 Å². The Morgan fingerprint density at radius 1 is 0.400 bits per heavy atom. The molecular formula is C26H26N4. The van der Waals surface area contributed by atoms with Crippen LogP contribution in [-0.4, -0.2) is 24.9 Å². The van der Waals surface area contributed by atoms with Crippen LogP contribution in [0.5, 0.6) is 0 Å². The van der Waals surface area contributed by atoms with Crippen molar-refractivity contribution in [2.24, 2.45) is 20.4 Å². The smallest absolute Gasteiger partial charge is 0.0568 e. The third-order valence-corrected chi connectivity index (χ3v) is 4.96. The van der Waals surface area contributed by atoms with Crippen LogP contribution in [-0.2, 0) is 0 Å². The number of hydrogen-bond acceptors (Lipinski definition) is 4. The van der Waals surface area contributed by atoms with E-state index in [1.54, 1.807) is 24.9 Å². The van der Waals surface area contributed by atoms with E-state index in [1.165, 1.54) is 22.3 Å². The highest BCUT2D eigenvalue weighted by Crippen LogP contribution is 2.09. The molecule has 0 bridgehead atoms. The summed E-state index contributed by atoms with van der Waals surface area (Å²) in [6.45, 7) is 8.38. The third kappa shape index (κ3) is 6.17. The molecule has 3 aromatic rings. The molecule has 0 saturated carbocycles. The summed E-state index contributed by atoms with van der Waals surface area (Å²) in [6, 6.07) is 20.4. The summed E-state index contributed by atoms with van der Waals surface area (Å²) in [4.78, 5) is 0. The third-order valence-electron chi connectivity index (χ3n) is 4.96. The minimum absolute atomic E-state index is 0.975. The fraction of sp³-hybridized carbons (Fsp3) is 0.154. The molecule has 0 aliphatic carbocycles. The maximum absolute atomic E-state index is 4.13. The highest BCUT2D eigenvalue weighted by Gasteiger charge is 1.94. The van der Waals surface area contributed by atoms with Crippen molar-refractivity contribution >= 4 is 24.9 Å². The summed E-state index contributed by atoms with van der Waals surface area (Å²) in [7, 11) is 0. The fourth-order valence-electron chi connectivity index (χ4n) is 2.76. The normalized spacial score (nSPS) is 12.1. The minimum Gasteiger partial charge on any atom is -0.159 e. The molecule has 0 aliphatic rings. The van der Waals surface area contributed by atoms with Crippen molar-refractivity contribution < 1.29 is 0 Å². The Hall–Kier alpha value is -3.66.